The molecule has 6 heteroatoms. The molecule has 0 saturated carbocycles. The molecule has 0 aliphatic rings. The molecule has 2 N–H and O–H groups in total. The first-order chi connectivity index (χ1) is 10.5. The highest BCUT2D eigenvalue weighted by Crippen LogP contribution is 2.25. The lowest BCUT2D eigenvalue weighted by Gasteiger charge is -2.10. The fraction of sp³-hybridized carbons (Fsp3) is 0. The molecular weight excluding hydrogens is 339 g/mol. The first kappa shape index (κ1) is 16.5. The Morgan fingerprint density at radius 1 is 1.09 bits per heavy atom. The Kier molecular flexibility index (Phi) is 5.95. The molecule has 0 aliphatic heterocycles. The molecule has 3 nitrogen and oxygen atoms in total. The van der Waals surface area contributed by atoms with Crippen molar-refractivity contribution < 1.29 is 4.79 Å². The number of anilines is 1. The number of halogens is 2. The van der Waals surface area contributed by atoms with Gasteiger partial charge in [-0.05, 0) is 42.1 Å². The SMILES string of the molecule is O=C(/C=C/c1ccccc1)NC(=S)Nc1cc(Cl)ccc1Cl. The fourth-order valence-corrected chi connectivity index (χ4v) is 2.18. The minimum absolute atomic E-state index is 0.145. The number of benzene rings is 2. The minimum Gasteiger partial charge on any atom is -0.331 e. The Hall–Kier alpha value is -1.88. The largest absolute Gasteiger partial charge is 0.331 e. The predicted molar refractivity (Wildman–Crippen MR) is 96.3 cm³/mol. The van der Waals surface area contributed by atoms with Crippen LogP contribution >= 0.6 is 35.4 Å². The smallest absolute Gasteiger partial charge is 0.250 e. The average Bonchev–Trinajstić information content (AvgIpc) is 2.50. The van der Waals surface area contributed by atoms with Crippen LogP contribution in [0, 0.1) is 0 Å². The molecule has 0 atom stereocenters. The summed E-state index contributed by atoms with van der Waals surface area (Å²) in [7, 11) is 0. The van der Waals surface area contributed by atoms with Crippen LogP contribution < -0.4 is 10.6 Å². The number of carbonyl (C=O) groups excluding carboxylic acids is 1. The molecule has 0 saturated heterocycles. The molecule has 1 amide bonds. The molecule has 0 aliphatic carbocycles. The number of amides is 1. The first-order valence-corrected chi connectivity index (χ1v) is 7.51. The van der Waals surface area contributed by atoms with Crippen molar-refractivity contribution in [3.63, 3.8) is 0 Å². The van der Waals surface area contributed by atoms with Crippen LogP contribution in [0.3, 0.4) is 0 Å². The molecule has 2 aromatic carbocycles. The van der Waals surface area contributed by atoms with Crippen LogP contribution in [0.2, 0.25) is 10.0 Å². The van der Waals surface area contributed by atoms with Crippen LogP contribution in [-0.4, -0.2) is 11.0 Å². The molecular formula is C16H12Cl2N2OS. The lowest BCUT2D eigenvalue weighted by molar-refractivity contribution is -0.115. The van der Waals surface area contributed by atoms with Crippen LogP contribution in [0.1, 0.15) is 5.56 Å². The van der Waals surface area contributed by atoms with E-state index in [0.717, 1.165) is 5.56 Å². The molecule has 22 heavy (non-hydrogen) atoms. The summed E-state index contributed by atoms with van der Waals surface area (Å²) in [6.07, 6.45) is 3.10. The lowest BCUT2D eigenvalue weighted by atomic mass is 10.2. The van der Waals surface area contributed by atoms with Crippen molar-refractivity contribution in [2.45, 2.75) is 0 Å². The van der Waals surface area contributed by atoms with Crippen molar-refractivity contribution >= 4 is 58.2 Å². The second kappa shape index (κ2) is 7.94. The van der Waals surface area contributed by atoms with Crippen molar-refractivity contribution in [1.29, 1.82) is 0 Å². The molecule has 0 unspecified atom stereocenters. The van der Waals surface area contributed by atoms with Gasteiger partial charge >= 0.3 is 0 Å². The standard InChI is InChI=1S/C16H12Cl2N2OS/c17-12-7-8-13(18)14(10-12)19-16(22)20-15(21)9-6-11-4-2-1-3-5-11/h1-10H,(H2,19,20,21,22)/b9-6+. The van der Waals surface area contributed by atoms with Crippen LogP contribution in [0.5, 0.6) is 0 Å². The molecule has 2 rings (SSSR count). The minimum atomic E-state index is -0.334. The van der Waals surface area contributed by atoms with Gasteiger partial charge in [-0.2, -0.15) is 0 Å². The summed E-state index contributed by atoms with van der Waals surface area (Å²) in [6, 6.07) is 14.4. The summed E-state index contributed by atoms with van der Waals surface area (Å²) in [5, 5.41) is 6.49. The maximum absolute atomic E-state index is 11.8. The average molecular weight is 351 g/mol. The third kappa shape index (κ3) is 5.15. The Morgan fingerprint density at radius 3 is 2.55 bits per heavy atom. The highest BCUT2D eigenvalue weighted by molar-refractivity contribution is 7.80. The molecule has 0 heterocycles. The molecule has 2 aromatic rings. The number of thiocarbonyl (C=S) groups is 1. The van der Waals surface area contributed by atoms with Gasteiger partial charge in [-0.3, -0.25) is 10.1 Å². The van der Waals surface area contributed by atoms with E-state index in [-0.39, 0.29) is 11.0 Å². The monoisotopic (exact) mass is 350 g/mol. The van der Waals surface area contributed by atoms with Gasteiger partial charge in [0.05, 0.1) is 10.7 Å². The van der Waals surface area contributed by atoms with Gasteiger partial charge in [0.2, 0.25) is 5.91 Å². The summed E-state index contributed by atoms with van der Waals surface area (Å²) < 4.78 is 0. The van der Waals surface area contributed by atoms with E-state index in [4.69, 9.17) is 35.4 Å². The van der Waals surface area contributed by atoms with Crippen molar-refractivity contribution in [3.05, 3.63) is 70.2 Å². The van der Waals surface area contributed by atoms with E-state index in [0.29, 0.717) is 15.7 Å². The van der Waals surface area contributed by atoms with E-state index in [1.807, 2.05) is 30.3 Å². The van der Waals surface area contributed by atoms with Gasteiger partial charge in [-0.15, -0.1) is 0 Å². The van der Waals surface area contributed by atoms with E-state index >= 15 is 0 Å². The zero-order valence-corrected chi connectivity index (χ0v) is 13.7. The zero-order chi connectivity index (χ0) is 15.9. The number of hydrogen-bond acceptors (Lipinski definition) is 2. The number of carbonyl (C=O) groups is 1. The van der Waals surface area contributed by atoms with Crippen LogP contribution in [0.4, 0.5) is 5.69 Å². The molecule has 112 valence electrons. The molecule has 0 aromatic heterocycles. The zero-order valence-electron chi connectivity index (χ0n) is 11.3. The van der Waals surface area contributed by atoms with Crippen LogP contribution in [0.25, 0.3) is 6.08 Å². The quantitative estimate of drug-likeness (QED) is 0.631. The Morgan fingerprint density at radius 2 is 1.82 bits per heavy atom. The molecule has 0 fully saturated rings. The molecule has 0 radical (unpaired) electrons. The van der Waals surface area contributed by atoms with Gasteiger partial charge < -0.3 is 5.32 Å². The number of rotatable bonds is 3. The maximum atomic E-state index is 11.8. The van der Waals surface area contributed by atoms with E-state index in [1.54, 1.807) is 24.3 Å². The summed E-state index contributed by atoms with van der Waals surface area (Å²) >= 11 is 17.0. The Balaban J connectivity index is 1.93. The summed E-state index contributed by atoms with van der Waals surface area (Å²) in [5.74, 6) is -0.334. The van der Waals surface area contributed by atoms with Gasteiger partial charge in [0.15, 0.2) is 5.11 Å². The van der Waals surface area contributed by atoms with E-state index in [9.17, 15) is 4.79 Å². The predicted octanol–water partition coefficient (Wildman–Crippen LogP) is 4.52. The van der Waals surface area contributed by atoms with Crippen molar-refractivity contribution in [1.82, 2.24) is 5.32 Å². The summed E-state index contributed by atoms with van der Waals surface area (Å²) in [5.41, 5.74) is 1.46. The van der Waals surface area contributed by atoms with Crippen molar-refractivity contribution in [3.8, 4) is 0 Å². The van der Waals surface area contributed by atoms with E-state index < -0.39 is 0 Å². The Bertz CT molecular complexity index is 717. The van der Waals surface area contributed by atoms with Gasteiger partial charge in [0.25, 0.3) is 0 Å². The molecule has 0 spiro atoms. The highest BCUT2D eigenvalue weighted by atomic mass is 35.5. The van der Waals surface area contributed by atoms with Gasteiger partial charge in [0.1, 0.15) is 0 Å². The van der Waals surface area contributed by atoms with Crippen molar-refractivity contribution in [2.75, 3.05) is 5.32 Å². The van der Waals surface area contributed by atoms with E-state index in [2.05, 4.69) is 10.6 Å². The highest BCUT2D eigenvalue weighted by Gasteiger charge is 2.05. The number of nitrogens with one attached hydrogen (secondary N) is 2. The normalized spacial score (nSPS) is 10.5. The fourth-order valence-electron chi connectivity index (χ4n) is 1.64. The Labute approximate surface area is 143 Å². The van der Waals surface area contributed by atoms with Gasteiger partial charge in [-0.25, -0.2) is 0 Å². The number of hydrogen-bond donors (Lipinski definition) is 2. The molecule has 0 bridgehead atoms. The lowest BCUT2D eigenvalue weighted by Crippen LogP contribution is -2.32. The summed E-state index contributed by atoms with van der Waals surface area (Å²) in [6.45, 7) is 0. The van der Waals surface area contributed by atoms with Crippen molar-refractivity contribution in [2.24, 2.45) is 0 Å². The topological polar surface area (TPSA) is 41.1 Å². The van der Waals surface area contributed by atoms with E-state index in [1.165, 1.54) is 6.08 Å². The third-order valence-electron chi connectivity index (χ3n) is 2.64. The first-order valence-electron chi connectivity index (χ1n) is 6.35. The third-order valence-corrected chi connectivity index (χ3v) is 3.41. The second-order valence-corrected chi connectivity index (χ2v) is 5.56. The van der Waals surface area contributed by atoms with Crippen LogP contribution in [0.15, 0.2) is 54.6 Å². The van der Waals surface area contributed by atoms with Gasteiger partial charge in [-0.1, -0.05) is 53.5 Å². The van der Waals surface area contributed by atoms with Gasteiger partial charge in [0, 0.05) is 11.1 Å². The maximum Gasteiger partial charge on any atom is 0.250 e. The second-order valence-electron chi connectivity index (χ2n) is 4.31. The van der Waals surface area contributed by atoms with Crippen LogP contribution in [-0.2, 0) is 4.79 Å². The summed E-state index contributed by atoms with van der Waals surface area (Å²) in [4.78, 5) is 11.8.